The molecule has 5 N–H and O–H groups in total. The first kappa shape index (κ1) is 26.1. The van der Waals surface area contributed by atoms with Crippen LogP contribution in [0.2, 0.25) is 0 Å². The number of likely N-dealkylation sites (N-methyl/N-ethyl adjacent to an activating group) is 1. The van der Waals surface area contributed by atoms with Crippen LogP contribution in [0.5, 0.6) is 0 Å². The number of alkyl halides is 3. The lowest BCUT2D eigenvalue weighted by atomic mass is 10.0. The lowest BCUT2D eigenvalue weighted by Crippen LogP contribution is -2.43. The number of benzene rings is 1. The van der Waals surface area contributed by atoms with Gasteiger partial charge in [0.05, 0.1) is 6.04 Å². The molecule has 0 saturated carbocycles. The van der Waals surface area contributed by atoms with Crippen molar-refractivity contribution in [1.82, 2.24) is 10.6 Å². The number of amides is 2. The summed E-state index contributed by atoms with van der Waals surface area (Å²) in [4.78, 5) is 32.2. The van der Waals surface area contributed by atoms with Crippen molar-refractivity contribution in [2.75, 3.05) is 6.54 Å². The molecule has 0 aromatic heterocycles. The van der Waals surface area contributed by atoms with E-state index >= 15 is 0 Å². The van der Waals surface area contributed by atoms with Crippen LogP contribution in [0, 0.1) is 0 Å². The summed E-state index contributed by atoms with van der Waals surface area (Å²) in [7, 11) is 0. The maximum Gasteiger partial charge on any atom is 0.490 e. The quantitative estimate of drug-likeness (QED) is 0.481. The van der Waals surface area contributed by atoms with Gasteiger partial charge in [0.2, 0.25) is 11.8 Å². The highest BCUT2D eigenvalue weighted by molar-refractivity contribution is 5.87. The Morgan fingerprint density at radius 3 is 2.21 bits per heavy atom. The first-order chi connectivity index (χ1) is 13.5. The molecule has 0 aliphatic rings. The summed E-state index contributed by atoms with van der Waals surface area (Å²) >= 11 is 0. The molecule has 162 valence electrons. The van der Waals surface area contributed by atoms with Crippen LogP contribution in [0.15, 0.2) is 42.5 Å². The SMILES string of the molecule is CCNC(=O)C=C[C@H](CCc1ccccc1)NC(=O)[C@H](C)N.O=C(O)C(F)(F)F. The fraction of sp³-hybridized carbons (Fsp3) is 0.421. The summed E-state index contributed by atoms with van der Waals surface area (Å²) in [5.74, 6) is -3.15. The normalized spacial score (nSPS) is 13.0. The molecular formula is C19H26F3N3O4. The molecule has 1 aromatic carbocycles. The number of hydrogen-bond donors (Lipinski definition) is 4. The highest BCUT2D eigenvalue weighted by Gasteiger charge is 2.38. The average Bonchev–Trinajstić information content (AvgIpc) is 2.64. The number of carbonyl (C=O) groups is 3. The van der Waals surface area contributed by atoms with Crippen molar-refractivity contribution in [1.29, 1.82) is 0 Å². The Balaban J connectivity index is 0.000000956. The van der Waals surface area contributed by atoms with E-state index in [-0.39, 0.29) is 17.9 Å². The number of aliphatic carboxylic acids is 1. The minimum atomic E-state index is -5.08. The Morgan fingerprint density at radius 2 is 1.76 bits per heavy atom. The summed E-state index contributed by atoms with van der Waals surface area (Å²) in [6.45, 7) is 4.07. The van der Waals surface area contributed by atoms with Gasteiger partial charge in [-0.15, -0.1) is 0 Å². The van der Waals surface area contributed by atoms with Gasteiger partial charge in [-0.05, 0) is 32.3 Å². The van der Waals surface area contributed by atoms with Crippen LogP contribution in [0.25, 0.3) is 0 Å². The Hall–Kier alpha value is -2.88. The Kier molecular flexibility index (Phi) is 12.0. The number of nitrogens with two attached hydrogens (primary N) is 1. The van der Waals surface area contributed by atoms with E-state index in [0.29, 0.717) is 13.0 Å². The lowest BCUT2D eigenvalue weighted by molar-refractivity contribution is -0.192. The number of carbonyl (C=O) groups excluding carboxylic acids is 2. The number of aryl methyl sites for hydroxylation is 1. The van der Waals surface area contributed by atoms with Crippen molar-refractivity contribution in [2.24, 2.45) is 5.73 Å². The third-order valence-corrected chi connectivity index (χ3v) is 3.40. The highest BCUT2D eigenvalue weighted by atomic mass is 19.4. The molecule has 0 bridgehead atoms. The predicted molar refractivity (Wildman–Crippen MR) is 102 cm³/mol. The standard InChI is InChI=1S/C17H25N3O2.C2HF3O2/c1-3-19-16(21)12-11-15(20-17(22)13(2)18)10-9-14-7-5-4-6-8-14;3-2(4,5)1(6)7/h4-8,11-13,15H,3,9-10,18H2,1-2H3,(H,19,21)(H,20,22);(H,6,7)/t13-,15-;/m0./s1. The monoisotopic (exact) mass is 417 g/mol. The fourth-order valence-electron chi connectivity index (χ4n) is 1.93. The molecule has 2 atom stereocenters. The van der Waals surface area contributed by atoms with Crippen molar-refractivity contribution in [3.63, 3.8) is 0 Å². The van der Waals surface area contributed by atoms with E-state index in [2.05, 4.69) is 10.6 Å². The number of carboxylic acids is 1. The van der Waals surface area contributed by atoms with E-state index in [0.717, 1.165) is 6.42 Å². The molecule has 0 unspecified atom stereocenters. The van der Waals surface area contributed by atoms with Crippen molar-refractivity contribution in [3.05, 3.63) is 48.0 Å². The number of rotatable bonds is 8. The van der Waals surface area contributed by atoms with Gasteiger partial charge in [0.1, 0.15) is 0 Å². The zero-order chi connectivity index (χ0) is 22.4. The van der Waals surface area contributed by atoms with Gasteiger partial charge >= 0.3 is 12.1 Å². The Labute approximate surface area is 167 Å². The highest BCUT2D eigenvalue weighted by Crippen LogP contribution is 2.13. The van der Waals surface area contributed by atoms with Crippen LogP contribution in [-0.2, 0) is 20.8 Å². The molecule has 0 radical (unpaired) electrons. The first-order valence-electron chi connectivity index (χ1n) is 8.83. The van der Waals surface area contributed by atoms with Gasteiger partial charge in [0.15, 0.2) is 0 Å². The van der Waals surface area contributed by atoms with Crippen molar-refractivity contribution in [2.45, 2.75) is 44.9 Å². The van der Waals surface area contributed by atoms with Crippen LogP contribution in [0.3, 0.4) is 0 Å². The molecule has 7 nitrogen and oxygen atoms in total. The van der Waals surface area contributed by atoms with Gasteiger partial charge in [0, 0.05) is 18.7 Å². The maximum atomic E-state index is 11.8. The molecule has 0 spiro atoms. The van der Waals surface area contributed by atoms with Gasteiger partial charge in [-0.3, -0.25) is 9.59 Å². The molecule has 1 aromatic rings. The molecular weight excluding hydrogens is 391 g/mol. The minimum absolute atomic E-state index is 0.165. The van der Waals surface area contributed by atoms with E-state index < -0.39 is 18.2 Å². The van der Waals surface area contributed by atoms with E-state index in [1.165, 1.54) is 11.6 Å². The lowest BCUT2D eigenvalue weighted by Gasteiger charge is -2.17. The number of nitrogens with one attached hydrogen (secondary N) is 2. The fourth-order valence-corrected chi connectivity index (χ4v) is 1.93. The van der Waals surface area contributed by atoms with Crippen LogP contribution >= 0.6 is 0 Å². The topological polar surface area (TPSA) is 122 Å². The molecule has 10 heteroatoms. The Morgan fingerprint density at radius 1 is 1.21 bits per heavy atom. The third-order valence-electron chi connectivity index (χ3n) is 3.40. The minimum Gasteiger partial charge on any atom is -0.475 e. The van der Waals surface area contributed by atoms with Gasteiger partial charge in [-0.25, -0.2) is 4.79 Å². The summed E-state index contributed by atoms with van der Waals surface area (Å²) < 4.78 is 31.7. The number of carboxylic acid groups (broad SMARTS) is 1. The van der Waals surface area contributed by atoms with Gasteiger partial charge in [-0.1, -0.05) is 36.4 Å². The average molecular weight is 417 g/mol. The number of hydrogen-bond acceptors (Lipinski definition) is 4. The molecule has 29 heavy (non-hydrogen) atoms. The molecule has 1 rings (SSSR count). The van der Waals surface area contributed by atoms with E-state index in [9.17, 15) is 22.8 Å². The molecule has 0 saturated heterocycles. The van der Waals surface area contributed by atoms with Crippen LogP contribution in [-0.4, -0.2) is 47.7 Å². The molecule has 0 aliphatic carbocycles. The van der Waals surface area contributed by atoms with Gasteiger partial charge < -0.3 is 21.5 Å². The molecule has 0 heterocycles. The predicted octanol–water partition coefficient (Wildman–Crippen LogP) is 1.78. The molecule has 0 aliphatic heterocycles. The zero-order valence-electron chi connectivity index (χ0n) is 16.2. The third kappa shape index (κ3) is 13.0. The van der Waals surface area contributed by atoms with E-state index in [1.54, 1.807) is 13.0 Å². The van der Waals surface area contributed by atoms with Crippen molar-refractivity contribution < 1.29 is 32.7 Å². The van der Waals surface area contributed by atoms with E-state index in [4.69, 9.17) is 15.6 Å². The van der Waals surface area contributed by atoms with Gasteiger partial charge in [0.25, 0.3) is 0 Å². The van der Waals surface area contributed by atoms with Crippen molar-refractivity contribution in [3.8, 4) is 0 Å². The van der Waals surface area contributed by atoms with Crippen LogP contribution in [0.4, 0.5) is 13.2 Å². The largest absolute Gasteiger partial charge is 0.490 e. The second kappa shape index (κ2) is 13.3. The second-order valence-corrected chi connectivity index (χ2v) is 5.98. The smallest absolute Gasteiger partial charge is 0.475 e. The van der Waals surface area contributed by atoms with E-state index in [1.807, 2.05) is 37.3 Å². The van der Waals surface area contributed by atoms with Gasteiger partial charge in [-0.2, -0.15) is 13.2 Å². The molecule has 2 amide bonds. The first-order valence-corrected chi connectivity index (χ1v) is 8.83. The van der Waals surface area contributed by atoms with Crippen LogP contribution < -0.4 is 16.4 Å². The summed E-state index contributed by atoms with van der Waals surface area (Å²) in [5, 5.41) is 12.7. The van der Waals surface area contributed by atoms with Crippen LogP contribution in [0.1, 0.15) is 25.8 Å². The Bertz CT molecular complexity index is 677. The number of halogens is 3. The van der Waals surface area contributed by atoms with Crippen molar-refractivity contribution >= 4 is 17.8 Å². The summed E-state index contributed by atoms with van der Waals surface area (Å²) in [6, 6.07) is 9.22. The summed E-state index contributed by atoms with van der Waals surface area (Å²) in [5.41, 5.74) is 6.77. The molecule has 0 fully saturated rings. The second-order valence-electron chi connectivity index (χ2n) is 5.98. The maximum absolute atomic E-state index is 11.8. The summed E-state index contributed by atoms with van der Waals surface area (Å²) in [6.07, 6.45) is -0.391. The zero-order valence-corrected chi connectivity index (χ0v) is 16.2.